The van der Waals surface area contributed by atoms with Gasteiger partial charge in [0.25, 0.3) is 0 Å². The van der Waals surface area contributed by atoms with Crippen LogP contribution < -0.4 is 0 Å². The SMILES string of the molecule is CC1(C)CC[C@H](CN2CCOC[C@@H]2C[C@H](O)c2ccccc2)O1. The van der Waals surface area contributed by atoms with Crippen LogP contribution in [0.1, 0.15) is 44.8 Å². The molecule has 0 aromatic heterocycles. The first-order chi connectivity index (χ1) is 11.0. The molecule has 0 aliphatic carbocycles. The third-order valence-electron chi connectivity index (χ3n) is 5.02. The second-order valence-electron chi connectivity index (χ2n) is 7.42. The van der Waals surface area contributed by atoms with Gasteiger partial charge in [0, 0.05) is 19.1 Å². The second-order valence-corrected chi connectivity index (χ2v) is 7.42. The molecule has 3 rings (SSSR count). The first kappa shape index (κ1) is 16.9. The summed E-state index contributed by atoms with van der Waals surface area (Å²) >= 11 is 0. The van der Waals surface area contributed by atoms with Gasteiger partial charge >= 0.3 is 0 Å². The third-order valence-corrected chi connectivity index (χ3v) is 5.02. The normalized spacial score (nSPS) is 29.5. The molecule has 0 unspecified atom stereocenters. The van der Waals surface area contributed by atoms with Crippen molar-refractivity contribution in [2.75, 3.05) is 26.3 Å². The van der Waals surface area contributed by atoms with Gasteiger partial charge in [0.15, 0.2) is 0 Å². The van der Waals surface area contributed by atoms with Crippen LogP contribution in [-0.2, 0) is 9.47 Å². The van der Waals surface area contributed by atoms with E-state index in [2.05, 4.69) is 18.7 Å². The van der Waals surface area contributed by atoms with Crippen LogP contribution in [0.2, 0.25) is 0 Å². The molecule has 23 heavy (non-hydrogen) atoms. The minimum Gasteiger partial charge on any atom is -0.388 e. The lowest BCUT2D eigenvalue weighted by Gasteiger charge is -2.38. The Morgan fingerprint density at radius 2 is 2.09 bits per heavy atom. The molecule has 2 saturated heterocycles. The number of morpholine rings is 1. The summed E-state index contributed by atoms with van der Waals surface area (Å²) < 4.78 is 11.8. The minimum atomic E-state index is -0.439. The van der Waals surface area contributed by atoms with Crippen molar-refractivity contribution in [1.29, 1.82) is 0 Å². The predicted octanol–water partition coefficient (Wildman–Crippen LogP) is 2.77. The number of aliphatic hydroxyl groups is 1. The molecule has 4 nitrogen and oxygen atoms in total. The fourth-order valence-corrected chi connectivity index (χ4v) is 3.68. The monoisotopic (exact) mass is 319 g/mol. The zero-order chi connectivity index (χ0) is 16.3. The van der Waals surface area contributed by atoms with Gasteiger partial charge < -0.3 is 14.6 Å². The Bertz CT molecular complexity index is 491. The molecule has 2 aliphatic heterocycles. The van der Waals surface area contributed by atoms with Crippen molar-refractivity contribution >= 4 is 0 Å². The maximum Gasteiger partial charge on any atom is 0.0805 e. The molecule has 0 bridgehead atoms. The molecule has 128 valence electrons. The summed E-state index contributed by atoms with van der Waals surface area (Å²) in [5.41, 5.74) is 0.993. The Labute approximate surface area is 139 Å². The number of hydrogen-bond donors (Lipinski definition) is 1. The first-order valence-corrected chi connectivity index (χ1v) is 8.76. The van der Waals surface area contributed by atoms with Gasteiger partial charge in [0.05, 0.1) is 31.0 Å². The van der Waals surface area contributed by atoms with Gasteiger partial charge in [0.2, 0.25) is 0 Å². The van der Waals surface area contributed by atoms with E-state index in [0.717, 1.165) is 38.1 Å². The molecule has 1 aromatic carbocycles. The molecule has 0 spiro atoms. The van der Waals surface area contributed by atoms with Gasteiger partial charge in [-0.3, -0.25) is 4.90 Å². The molecule has 1 N–H and O–H groups in total. The molecule has 1 aromatic rings. The van der Waals surface area contributed by atoms with Crippen molar-refractivity contribution in [1.82, 2.24) is 4.90 Å². The van der Waals surface area contributed by atoms with E-state index in [4.69, 9.17) is 9.47 Å². The van der Waals surface area contributed by atoms with Gasteiger partial charge in [-0.25, -0.2) is 0 Å². The van der Waals surface area contributed by atoms with Crippen molar-refractivity contribution in [2.45, 2.75) is 57.0 Å². The quantitative estimate of drug-likeness (QED) is 0.906. The van der Waals surface area contributed by atoms with Crippen LogP contribution in [0.15, 0.2) is 30.3 Å². The first-order valence-electron chi connectivity index (χ1n) is 8.76. The molecule has 0 amide bonds. The highest BCUT2D eigenvalue weighted by molar-refractivity contribution is 5.17. The van der Waals surface area contributed by atoms with Crippen LogP contribution in [0.25, 0.3) is 0 Å². The van der Waals surface area contributed by atoms with Crippen LogP contribution in [0.4, 0.5) is 0 Å². The van der Waals surface area contributed by atoms with E-state index in [1.54, 1.807) is 0 Å². The number of ether oxygens (including phenoxy) is 2. The van der Waals surface area contributed by atoms with Gasteiger partial charge in [-0.05, 0) is 38.7 Å². The summed E-state index contributed by atoms with van der Waals surface area (Å²) in [6, 6.07) is 10.2. The Kier molecular flexibility index (Phi) is 5.37. The Hall–Kier alpha value is -0.940. The van der Waals surface area contributed by atoms with E-state index >= 15 is 0 Å². The van der Waals surface area contributed by atoms with Crippen LogP contribution >= 0.6 is 0 Å². The van der Waals surface area contributed by atoms with Gasteiger partial charge in [-0.1, -0.05) is 30.3 Å². The van der Waals surface area contributed by atoms with E-state index in [0.29, 0.717) is 19.1 Å². The topological polar surface area (TPSA) is 41.9 Å². The van der Waals surface area contributed by atoms with E-state index in [9.17, 15) is 5.11 Å². The molecule has 2 heterocycles. The lowest BCUT2D eigenvalue weighted by Crippen LogP contribution is -2.49. The fourth-order valence-electron chi connectivity index (χ4n) is 3.68. The molecule has 3 atom stereocenters. The largest absolute Gasteiger partial charge is 0.388 e. The van der Waals surface area contributed by atoms with Crippen LogP contribution in [0, 0.1) is 0 Å². The molecular weight excluding hydrogens is 290 g/mol. The van der Waals surface area contributed by atoms with Crippen molar-refractivity contribution in [3.8, 4) is 0 Å². The standard InChI is InChI=1S/C19H29NO3/c1-19(2)9-8-17(23-19)13-20-10-11-22-14-16(20)12-18(21)15-6-4-3-5-7-15/h3-7,16-18,21H,8-14H2,1-2H3/t16-,17+,18-/m0/s1. The van der Waals surface area contributed by atoms with E-state index in [1.165, 1.54) is 0 Å². The Morgan fingerprint density at radius 3 is 2.78 bits per heavy atom. The Balaban J connectivity index is 1.58. The fraction of sp³-hybridized carbons (Fsp3) is 0.684. The summed E-state index contributed by atoms with van der Waals surface area (Å²) in [4.78, 5) is 2.45. The number of nitrogens with zero attached hydrogens (tertiary/aromatic N) is 1. The highest BCUT2D eigenvalue weighted by Crippen LogP contribution is 2.31. The minimum absolute atomic E-state index is 0.00992. The molecule has 4 heteroatoms. The number of benzene rings is 1. The summed E-state index contributed by atoms with van der Waals surface area (Å²) in [6.07, 6.45) is 2.82. The van der Waals surface area contributed by atoms with Gasteiger partial charge in [-0.15, -0.1) is 0 Å². The molecule has 2 fully saturated rings. The number of aliphatic hydroxyl groups excluding tert-OH is 1. The van der Waals surface area contributed by atoms with Crippen LogP contribution in [0.5, 0.6) is 0 Å². The van der Waals surface area contributed by atoms with Gasteiger partial charge in [0.1, 0.15) is 0 Å². The molecule has 2 aliphatic rings. The highest BCUT2D eigenvalue weighted by Gasteiger charge is 2.35. The third kappa shape index (κ3) is 4.54. The number of hydrogen-bond acceptors (Lipinski definition) is 4. The zero-order valence-electron chi connectivity index (χ0n) is 14.3. The average Bonchev–Trinajstić information content (AvgIpc) is 2.89. The van der Waals surface area contributed by atoms with E-state index in [-0.39, 0.29) is 11.6 Å². The smallest absolute Gasteiger partial charge is 0.0805 e. The number of rotatable bonds is 5. The van der Waals surface area contributed by atoms with Crippen LogP contribution in [0.3, 0.4) is 0 Å². The van der Waals surface area contributed by atoms with E-state index in [1.807, 2.05) is 30.3 Å². The molecule has 0 radical (unpaired) electrons. The summed E-state index contributed by atoms with van der Waals surface area (Å²) in [5.74, 6) is 0. The van der Waals surface area contributed by atoms with Crippen molar-refractivity contribution in [3.63, 3.8) is 0 Å². The molecular formula is C19H29NO3. The highest BCUT2D eigenvalue weighted by atomic mass is 16.5. The van der Waals surface area contributed by atoms with Crippen molar-refractivity contribution in [2.24, 2.45) is 0 Å². The lowest BCUT2D eigenvalue weighted by molar-refractivity contribution is -0.0688. The predicted molar refractivity (Wildman–Crippen MR) is 90.4 cm³/mol. The zero-order valence-corrected chi connectivity index (χ0v) is 14.3. The van der Waals surface area contributed by atoms with Crippen LogP contribution in [-0.4, -0.2) is 54.1 Å². The average molecular weight is 319 g/mol. The van der Waals surface area contributed by atoms with Gasteiger partial charge in [-0.2, -0.15) is 0 Å². The summed E-state index contributed by atoms with van der Waals surface area (Å²) in [6.45, 7) is 7.67. The maximum absolute atomic E-state index is 10.5. The summed E-state index contributed by atoms with van der Waals surface area (Å²) in [7, 11) is 0. The van der Waals surface area contributed by atoms with E-state index < -0.39 is 6.10 Å². The van der Waals surface area contributed by atoms with Crippen molar-refractivity contribution in [3.05, 3.63) is 35.9 Å². The maximum atomic E-state index is 10.5. The summed E-state index contributed by atoms with van der Waals surface area (Å²) in [5, 5.41) is 10.5. The molecule has 0 saturated carbocycles. The lowest BCUT2D eigenvalue weighted by atomic mass is 10.00. The second kappa shape index (κ2) is 7.31. The Morgan fingerprint density at radius 1 is 1.30 bits per heavy atom. The van der Waals surface area contributed by atoms with Crippen molar-refractivity contribution < 1.29 is 14.6 Å².